The van der Waals surface area contributed by atoms with Crippen LogP contribution in [0.4, 0.5) is 0 Å². The van der Waals surface area contributed by atoms with Crippen LogP contribution in [0.25, 0.3) is 0 Å². The number of thiophene rings is 1. The van der Waals surface area contributed by atoms with Gasteiger partial charge < -0.3 is 14.6 Å². The third-order valence-corrected chi connectivity index (χ3v) is 5.91. The SMILES string of the molecule is COc1ccc([C@@H]2Oc3ccccc3[C@H]3CC(c4cccs4)=NN32)cc1O. The molecule has 3 heterocycles. The van der Waals surface area contributed by atoms with Crippen molar-refractivity contribution in [3.63, 3.8) is 0 Å². The number of phenols is 1. The molecule has 1 aromatic heterocycles. The number of hydrogen-bond acceptors (Lipinski definition) is 6. The minimum Gasteiger partial charge on any atom is -0.504 e. The van der Waals surface area contributed by atoms with Crippen LogP contribution < -0.4 is 9.47 Å². The van der Waals surface area contributed by atoms with Crippen LogP contribution in [0.15, 0.2) is 65.1 Å². The molecule has 2 aliphatic heterocycles. The fourth-order valence-electron chi connectivity index (χ4n) is 3.71. The summed E-state index contributed by atoms with van der Waals surface area (Å²) in [6.45, 7) is 0. The highest BCUT2D eigenvalue weighted by atomic mass is 32.1. The molecule has 5 rings (SSSR count). The van der Waals surface area contributed by atoms with Gasteiger partial charge in [0.15, 0.2) is 11.5 Å². The Morgan fingerprint density at radius 3 is 2.85 bits per heavy atom. The summed E-state index contributed by atoms with van der Waals surface area (Å²) in [6.07, 6.45) is 0.429. The van der Waals surface area contributed by atoms with E-state index in [0.29, 0.717) is 5.75 Å². The van der Waals surface area contributed by atoms with E-state index in [9.17, 15) is 5.11 Å². The minimum absolute atomic E-state index is 0.0932. The maximum absolute atomic E-state index is 10.2. The molecule has 0 spiro atoms. The van der Waals surface area contributed by atoms with E-state index >= 15 is 0 Å². The number of hydrazone groups is 1. The van der Waals surface area contributed by atoms with Crippen molar-refractivity contribution in [2.24, 2.45) is 5.10 Å². The summed E-state index contributed by atoms with van der Waals surface area (Å²) in [6, 6.07) is 17.7. The summed E-state index contributed by atoms with van der Waals surface area (Å²) < 4.78 is 11.5. The predicted octanol–water partition coefficient (Wildman–Crippen LogP) is 4.70. The molecule has 6 heteroatoms. The summed E-state index contributed by atoms with van der Waals surface area (Å²) in [5, 5.41) is 19.2. The molecule has 0 amide bonds. The molecule has 0 fully saturated rings. The number of nitrogens with zero attached hydrogens (tertiary/aromatic N) is 2. The van der Waals surface area contributed by atoms with Gasteiger partial charge in [-0.3, -0.25) is 0 Å². The van der Waals surface area contributed by atoms with Gasteiger partial charge in [-0.05, 0) is 35.7 Å². The van der Waals surface area contributed by atoms with E-state index in [4.69, 9.17) is 14.6 Å². The number of fused-ring (bicyclic) bond motifs is 3. The largest absolute Gasteiger partial charge is 0.504 e. The molecule has 2 atom stereocenters. The lowest BCUT2D eigenvalue weighted by Gasteiger charge is -2.38. The maximum Gasteiger partial charge on any atom is 0.214 e. The smallest absolute Gasteiger partial charge is 0.214 e. The van der Waals surface area contributed by atoms with Crippen LogP contribution in [0.5, 0.6) is 17.2 Å². The highest BCUT2D eigenvalue weighted by molar-refractivity contribution is 7.12. The average Bonchev–Trinajstić information content (AvgIpc) is 3.37. The summed E-state index contributed by atoms with van der Waals surface area (Å²) in [7, 11) is 1.54. The molecule has 27 heavy (non-hydrogen) atoms. The van der Waals surface area contributed by atoms with Crippen molar-refractivity contribution in [2.75, 3.05) is 7.11 Å². The number of para-hydroxylation sites is 1. The number of benzene rings is 2. The molecule has 0 aliphatic carbocycles. The van der Waals surface area contributed by atoms with Crippen molar-refractivity contribution in [1.82, 2.24) is 5.01 Å². The number of ether oxygens (including phenoxy) is 2. The minimum atomic E-state index is -0.404. The lowest BCUT2D eigenvalue weighted by molar-refractivity contribution is -0.0191. The summed E-state index contributed by atoms with van der Waals surface area (Å²) in [5.41, 5.74) is 3.05. The fraction of sp³-hybridized carbons (Fsp3) is 0.190. The Labute approximate surface area is 161 Å². The van der Waals surface area contributed by atoms with Crippen LogP contribution in [0.2, 0.25) is 0 Å². The molecule has 1 N–H and O–H groups in total. The van der Waals surface area contributed by atoms with Crippen molar-refractivity contribution in [1.29, 1.82) is 0 Å². The first-order chi connectivity index (χ1) is 13.2. The number of phenolic OH excluding ortho intramolecular Hbond substituents is 1. The second-order valence-electron chi connectivity index (χ2n) is 6.56. The van der Waals surface area contributed by atoms with E-state index in [0.717, 1.165) is 29.0 Å². The van der Waals surface area contributed by atoms with Crippen LogP contribution in [-0.4, -0.2) is 22.9 Å². The summed E-state index contributed by atoms with van der Waals surface area (Å²) in [4.78, 5) is 1.18. The van der Waals surface area contributed by atoms with Crippen molar-refractivity contribution in [2.45, 2.75) is 18.7 Å². The van der Waals surface area contributed by atoms with Gasteiger partial charge in [-0.1, -0.05) is 24.3 Å². The number of rotatable bonds is 3. The van der Waals surface area contributed by atoms with Gasteiger partial charge >= 0.3 is 0 Å². The van der Waals surface area contributed by atoms with Crippen molar-refractivity contribution in [3.05, 3.63) is 76.0 Å². The topological polar surface area (TPSA) is 54.3 Å². The number of hydrogen-bond donors (Lipinski definition) is 1. The molecular formula is C21H18N2O3S. The molecule has 0 saturated carbocycles. The van der Waals surface area contributed by atoms with Crippen molar-refractivity contribution >= 4 is 17.0 Å². The first-order valence-corrected chi connectivity index (χ1v) is 9.65. The van der Waals surface area contributed by atoms with Gasteiger partial charge in [0.1, 0.15) is 5.75 Å². The molecule has 0 radical (unpaired) electrons. The highest BCUT2D eigenvalue weighted by Gasteiger charge is 2.41. The van der Waals surface area contributed by atoms with Crippen LogP contribution in [0.1, 0.15) is 34.7 Å². The van der Waals surface area contributed by atoms with Gasteiger partial charge in [-0.2, -0.15) is 5.10 Å². The molecular weight excluding hydrogens is 360 g/mol. The molecule has 2 aromatic carbocycles. The Morgan fingerprint density at radius 2 is 2.07 bits per heavy atom. The predicted molar refractivity (Wildman–Crippen MR) is 105 cm³/mol. The van der Waals surface area contributed by atoms with Crippen LogP contribution in [-0.2, 0) is 0 Å². The van der Waals surface area contributed by atoms with E-state index < -0.39 is 6.23 Å². The van der Waals surface area contributed by atoms with Crippen LogP contribution in [0.3, 0.4) is 0 Å². The summed E-state index contributed by atoms with van der Waals surface area (Å²) in [5.74, 6) is 1.40. The van der Waals surface area contributed by atoms with Gasteiger partial charge in [0.2, 0.25) is 6.23 Å². The first kappa shape index (κ1) is 16.2. The lowest BCUT2D eigenvalue weighted by atomic mass is 9.97. The van der Waals surface area contributed by atoms with Crippen LogP contribution in [0, 0.1) is 0 Å². The second kappa shape index (κ2) is 6.32. The molecule has 0 bridgehead atoms. The Morgan fingerprint density at radius 1 is 1.19 bits per heavy atom. The quantitative estimate of drug-likeness (QED) is 0.717. The van der Waals surface area contributed by atoms with E-state index in [2.05, 4.69) is 17.5 Å². The van der Waals surface area contributed by atoms with Gasteiger partial charge in [0.05, 0.1) is 23.7 Å². The second-order valence-corrected chi connectivity index (χ2v) is 7.51. The van der Waals surface area contributed by atoms with E-state index in [1.54, 1.807) is 23.5 Å². The standard InChI is InChI=1S/C21H18N2O3S/c1-25-19-9-8-13(11-17(19)24)21-23-16(14-5-2-3-6-18(14)26-21)12-15(22-23)20-7-4-10-27-20/h2-11,16,21,24H,12H2,1H3/t16-,21+/m1/s1. The zero-order valence-electron chi connectivity index (χ0n) is 14.7. The molecule has 3 aromatic rings. The monoisotopic (exact) mass is 378 g/mol. The molecule has 5 nitrogen and oxygen atoms in total. The molecule has 0 saturated heterocycles. The zero-order valence-corrected chi connectivity index (χ0v) is 15.5. The summed E-state index contributed by atoms with van der Waals surface area (Å²) >= 11 is 1.70. The van der Waals surface area contributed by atoms with Crippen molar-refractivity contribution in [3.8, 4) is 17.2 Å². The normalized spacial score (nSPS) is 20.5. The van der Waals surface area contributed by atoms with Gasteiger partial charge in [-0.25, -0.2) is 5.01 Å². The number of aromatic hydroxyl groups is 1. The van der Waals surface area contributed by atoms with E-state index in [-0.39, 0.29) is 11.8 Å². The maximum atomic E-state index is 10.2. The van der Waals surface area contributed by atoms with Gasteiger partial charge in [-0.15, -0.1) is 11.3 Å². The number of methoxy groups -OCH3 is 1. The average molecular weight is 378 g/mol. The highest BCUT2D eigenvalue weighted by Crippen LogP contribution is 2.48. The van der Waals surface area contributed by atoms with Gasteiger partial charge in [0.25, 0.3) is 0 Å². The lowest BCUT2D eigenvalue weighted by Crippen LogP contribution is -2.33. The van der Waals surface area contributed by atoms with Crippen molar-refractivity contribution < 1.29 is 14.6 Å². The third kappa shape index (κ3) is 2.64. The fourth-order valence-corrected chi connectivity index (χ4v) is 4.43. The van der Waals surface area contributed by atoms with E-state index in [1.165, 1.54) is 12.0 Å². The Hall–Kier alpha value is -2.99. The van der Waals surface area contributed by atoms with Crippen LogP contribution >= 0.6 is 11.3 Å². The zero-order chi connectivity index (χ0) is 18.4. The van der Waals surface area contributed by atoms with E-state index in [1.807, 2.05) is 35.3 Å². The first-order valence-electron chi connectivity index (χ1n) is 8.77. The molecule has 2 aliphatic rings. The Balaban J connectivity index is 1.59. The third-order valence-electron chi connectivity index (χ3n) is 4.99. The molecule has 0 unspecified atom stereocenters. The Bertz CT molecular complexity index is 1020. The van der Waals surface area contributed by atoms with Gasteiger partial charge in [0, 0.05) is 17.5 Å². The Kier molecular flexibility index (Phi) is 3.79. The molecule has 136 valence electrons.